The molecule has 0 spiro atoms. The van der Waals surface area contributed by atoms with Gasteiger partial charge in [-0.2, -0.15) is 0 Å². The van der Waals surface area contributed by atoms with Crippen molar-refractivity contribution in [3.63, 3.8) is 0 Å². The number of pyridine rings is 1. The smallest absolute Gasteiger partial charge is 0.0715 e. The topological polar surface area (TPSA) is 17.8 Å². The van der Waals surface area contributed by atoms with Gasteiger partial charge in [-0.15, -0.1) is 0 Å². The Balaban J connectivity index is 0.992. The molecule has 10 aromatic carbocycles. The van der Waals surface area contributed by atoms with Gasteiger partial charge in [0.05, 0.1) is 22.4 Å². The quantitative estimate of drug-likeness (QED) is 0.141. The summed E-state index contributed by atoms with van der Waals surface area (Å²) in [4.78, 5) is 5.23. The molecule has 0 aliphatic heterocycles. The third-order valence-corrected chi connectivity index (χ3v) is 13.0. The lowest BCUT2D eigenvalue weighted by Gasteiger charge is -2.15. The summed E-state index contributed by atoms with van der Waals surface area (Å²) in [5.74, 6) is 0. The number of hydrogen-bond donors (Lipinski definition) is 0. The minimum absolute atomic E-state index is 0.940. The summed E-state index contributed by atoms with van der Waals surface area (Å²) < 4.78 is 2.38. The number of benzene rings is 10. The Morgan fingerprint density at radius 1 is 0.209 bits per heavy atom. The van der Waals surface area contributed by atoms with Crippen LogP contribution in [0.15, 0.2) is 267 Å². The number of aromatic nitrogens is 2. The summed E-state index contributed by atoms with van der Waals surface area (Å²) >= 11 is 0. The monoisotopic (exact) mass is 852 g/mol. The number of rotatable bonds is 9. The van der Waals surface area contributed by atoms with Gasteiger partial charge in [-0.3, -0.25) is 0 Å². The van der Waals surface area contributed by atoms with E-state index in [0.717, 1.165) is 67.1 Å². The Labute approximate surface area is 391 Å². The van der Waals surface area contributed by atoms with E-state index in [2.05, 4.69) is 271 Å². The third kappa shape index (κ3) is 7.81. The maximum absolute atomic E-state index is 5.23. The molecule has 0 saturated heterocycles. The van der Waals surface area contributed by atoms with E-state index in [4.69, 9.17) is 4.98 Å². The van der Waals surface area contributed by atoms with Crippen LogP contribution < -0.4 is 0 Å². The minimum atomic E-state index is 0.940. The molecule has 0 fully saturated rings. The van der Waals surface area contributed by atoms with Crippen molar-refractivity contribution in [2.75, 3.05) is 0 Å². The van der Waals surface area contributed by atoms with Gasteiger partial charge in [0.1, 0.15) is 0 Å². The first kappa shape index (κ1) is 39.7. The van der Waals surface area contributed by atoms with Gasteiger partial charge in [-0.1, -0.05) is 194 Å². The number of hydrogen-bond acceptors (Lipinski definition) is 1. The van der Waals surface area contributed by atoms with Crippen LogP contribution in [0.4, 0.5) is 0 Å². The van der Waals surface area contributed by atoms with Crippen LogP contribution >= 0.6 is 0 Å². The van der Waals surface area contributed by atoms with E-state index < -0.39 is 0 Å². The lowest BCUT2D eigenvalue weighted by Crippen LogP contribution is -1.94. The van der Waals surface area contributed by atoms with Gasteiger partial charge in [-0.25, -0.2) is 4.98 Å². The van der Waals surface area contributed by atoms with Crippen molar-refractivity contribution in [3.05, 3.63) is 267 Å². The average molecular weight is 853 g/mol. The Morgan fingerprint density at radius 2 is 0.478 bits per heavy atom. The van der Waals surface area contributed by atoms with Crippen LogP contribution in [0.3, 0.4) is 0 Å². The van der Waals surface area contributed by atoms with Crippen molar-refractivity contribution in [3.8, 4) is 95.0 Å². The highest BCUT2D eigenvalue weighted by Crippen LogP contribution is 2.39. The van der Waals surface area contributed by atoms with E-state index in [9.17, 15) is 0 Å². The van der Waals surface area contributed by atoms with E-state index in [0.29, 0.717) is 0 Å². The summed E-state index contributed by atoms with van der Waals surface area (Å²) in [5.41, 5.74) is 21.6. The molecule has 314 valence electrons. The van der Waals surface area contributed by atoms with Crippen LogP contribution in [0.2, 0.25) is 0 Å². The molecule has 2 aromatic heterocycles. The second-order valence-corrected chi connectivity index (χ2v) is 17.2. The predicted octanol–water partition coefficient (Wildman–Crippen LogP) is 17.5. The molecule has 0 aliphatic carbocycles. The highest BCUT2D eigenvalue weighted by Gasteiger charge is 2.15. The van der Waals surface area contributed by atoms with Crippen LogP contribution in [0.5, 0.6) is 0 Å². The molecule has 12 rings (SSSR count). The molecule has 0 unspecified atom stereocenters. The first-order valence-electron chi connectivity index (χ1n) is 22.9. The van der Waals surface area contributed by atoms with Crippen LogP contribution in [0, 0.1) is 0 Å². The van der Waals surface area contributed by atoms with E-state index >= 15 is 0 Å². The first-order chi connectivity index (χ1) is 33.2. The van der Waals surface area contributed by atoms with Gasteiger partial charge < -0.3 is 4.57 Å². The fourth-order valence-electron chi connectivity index (χ4n) is 9.59. The van der Waals surface area contributed by atoms with Gasteiger partial charge in [0.2, 0.25) is 0 Å². The molecular weight excluding hydrogens is 809 g/mol. The van der Waals surface area contributed by atoms with Crippen molar-refractivity contribution < 1.29 is 0 Å². The largest absolute Gasteiger partial charge is 0.309 e. The molecule has 0 radical (unpaired) electrons. The standard InChI is InChI=1S/C65H44N2/c1-5-17-45(18-6-1)52-37-53(46-19-7-2-8-20-46)40-56(39-52)57-41-54(38-55(42-57)49-33-35-59(36-34-49)67-64-27-15-13-25-60(64)61-26-14-16-28-65(61)67)48-29-31-51(32-30-48)63-44-58(47-21-9-3-10-22-47)43-62(66-63)50-23-11-4-12-24-50/h1-44H. The minimum Gasteiger partial charge on any atom is -0.309 e. The molecule has 0 bridgehead atoms. The summed E-state index contributed by atoms with van der Waals surface area (Å²) in [6.07, 6.45) is 0. The Bertz CT molecular complexity index is 3520. The van der Waals surface area contributed by atoms with Gasteiger partial charge in [0.15, 0.2) is 0 Å². The van der Waals surface area contributed by atoms with Gasteiger partial charge in [-0.05, 0) is 140 Å². The Kier molecular flexibility index (Phi) is 10.2. The van der Waals surface area contributed by atoms with Crippen LogP contribution in [-0.2, 0) is 0 Å². The SMILES string of the molecule is c1ccc(-c2cc(-c3ccccc3)cc(-c3cc(-c4ccc(-c5cc(-c6ccccc6)cc(-c6ccccc6)n5)cc4)cc(-c4ccc(-n5c6ccccc6c6ccccc65)cc4)c3)c2)cc1. The van der Waals surface area contributed by atoms with Gasteiger partial charge in [0, 0.05) is 27.6 Å². The number of para-hydroxylation sites is 2. The van der Waals surface area contributed by atoms with Crippen molar-refractivity contribution in [1.29, 1.82) is 0 Å². The molecule has 0 atom stereocenters. The molecule has 67 heavy (non-hydrogen) atoms. The second-order valence-electron chi connectivity index (χ2n) is 17.2. The Hall–Kier alpha value is -8.85. The van der Waals surface area contributed by atoms with Gasteiger partial charge >= 0.3 is 0 Å². The molecule has 12 aromatic rings. The van der Waals surface area contributed by atoms with Crippen molar-refractivity contribution in [1.82, 2.24) is 9.55 Å². The third-order valence-electron chi connectivity index (χ3n) is 13.0. The van der Waals surface area contributed by atoms with E-state index in [-0.39, 0.29) is 0 Å². The molecule has 0 saturated carbocycles. The molecule has 0 aliphatic rings. The van der Waals surface area contributed by atoms with Crippen LogP contribution in [0.25, 0.3) is 117 Å². The summed E-state index contributed by atoms with van der Waals surface area (Å²) in [6.45, 7) is 0. The molecule has 0 N–H and O–H groups in total. The zero-order valence-electron chi connectivity index (χ0n) is 36.8. The second kappa shape index (κ2) is 17.3. The first-order valence-corrected chi connectivity index (χ1v) is 22.9. The van der Waals surface area contributed by atoms with Crippen LogP contribution in [-0.4, -0.2) is 9.55 Å². The zero-order chi connectivity index (χ0) is 44.5. The normalized spacial score (nSPS) is 11.3. The van der Waals surface area contributed by atoms with Gasteiger partial charge in [0.25, 0.3) is 0 Å². The molecule has 2 heteroatoms. The number of nitrogens with zero attached hydrogens (tertiary/aromatic N) is 2. The maximum Gasteiger partial charge on any atom is 0.0715 e. The fraction of sp³-hybridized carbons (Fsp3) is 0. The van der Waals surface area contributed by atoms with Crippen molar-refractivity contribution in [2.45, 2.75) is 0 Å². The molecule has 2 nitrogen and oxygen atoms in total. The molecule has 0 amide bonds. The van der Waals surface area contributed by atoms with E-state index in [1.165, 1.54) is 49.6 Å². The predicted molar refractivity (Wildman–Crippen MR) is 282 cm³/mol. The van der Waals surface area contributed by atoms with Crippen molar-refractivity contribution in [2.24, 2.45) is 0 Å². The summed E-state index contributed by atoms with van der Waals surface area (Å²) in [6, 6.07) is 96.3. The highest BCUT2D eigenvalue weighted by atomic mass is 15.0. The van der Waals surface area contributed by atoms with E-state index in [1.807, 2.05) is 0 Å². The molecular formula is C65H44N2. The van der Waals surface area contributed by atoms with Crippen molar-refractivity contribution >= 4 is 21.8 Å². The summed E-state index contributed by atoms with van der Waals surface area (Å²) in [5, 5.41) is 2.52. The van der Waals surface area contributed by atoms with E-state index in [1.54, 1.807) is 0 Å². The fourth-order valence-corrected chi connectivity index (χ4v) is 9.59. The zero-order valence-corrected chi connectivity index (χ0v) is 36.8. The average Bonchev–Trinajstić information content (AvgIpc) is 3.76. The van der Waals surface area contributed by atoms with Crippen LogP contribution in [0.1, 0.15) is 0 Å². The Morgan fingerprint density at radius 3 is 0.881 bits per heavy atom. The number of fused-ring (bicyclic) bond motifs is 3. The lowest BCUT2D eigenvalue weighted by molar-refractivity contribution is 1.18. The lowest BCUT2D eigenvalue weighted by atomic mass is 9.89. The summed E-state index contributed by atoms with van der Waals surface area (Å²) in [7, 11) is 0. The maximum atomic E-state index is 5.23. The molecule has 2 heterocycles. The highest BCUT2D eigenvalue weighted by molar-refractivity contribution is 6.09.